The maximum Gasteiger partial charge on any atom is 0.212 e. The summed E-state index contributed by atoms with van der Waals surface area (Å²) in [4.78, 5) is 3.79. The number of nitrogens with zero attached hydrogens (tertiary/aromatic N) is 6. The molecule has 1 aliphatic carbocycles. The van der Waals surface area contributed by atoms with Gasteiger partial charge in [-0.2, -0.15) is 19.8 Å². The van der Waals surface area contributed by atoms with Crippen LogP contribution in [0.3, 0.4) is 0 Å². The van der Waals surface area contributed by atoms with Crippen LogP contribution in [-0.4, -0.2) is 43.9 Å². The molecule has 0 unspecified atom stereocenters. The molecule has 1 aliphatic rings. The number of pyridine rings is 2. The number of fused-ring (bicyclic) bond motifs is 1. The van der Waals surface area contributed by atoms with Crippen molar-refractivity contribution in [3.05, 3.63) is 60.7 Å². The van der Waals surface area contributed by atoms with Crippen LogP contribution in [0.5, 0.6) is 0 Å². The molecule has 0 N–H and O–H groups in total. The van der Waals surface area contributed by atoms with Gasteiger partial charge in [-0.15, -0.1) is 0 Å². The Morgan fingerprint density at radius 2 is 1.94 bits per heavy atom. The lowest BCUT2D eigenvalue weighted by Crippen LogP contribution is -2.39. The number of halogens is 1. The molecule has 8 nitrogen and oxygen atoms in total. The number of hydrogen-bond donors (Lipinski definition) is 0. The van der Waals surface area contributed by atoms with Gasteiger partial charge in [-0.25, -0.2) is 9.50 Å². The highest BCUT2D eigenvalue weighted by Gasteiger charge is 2.36. The second-order valence-corrected chi connectivity index (χ2v) is 8.46. The molecule has 0 aromatic carbocycles. The van der Waals surface area contributed by atoms with Gasteiger partial charge in [-0.1, -0.05) is 0 Å². The number of rotatable bonds is 6. The number of hydrogen-bond acceptors (Lipinski definition) is 6. The zero-order chi connectivity index (χ0) is 23.7. The SMILES string of the molecule is CCOC1(OC)CCC(n2cc(-c3cc(-c4ccc(F)nc4)c4c(C#N)cnn4c3)cn2)CC1. The minimum absolute atomic E-state index is 0.261. The van der Waals surface area contributed by atoms with Gasteiger partial charge >= 0.3 is 0 Å². The lowest BCUT2D eigenvalue weighted by Gasteiger charge is -2.38. The van der Waals surface area contributed by atoms with Crippen molar-refractivity contribution in [2.75, 3.05) is 13.7 Å². The van der Waals surface area contributed by atoms with E-state index in [2.05, 4.69) is 21.3 Å². The summed E-state index contributed by atoms with van der Waals surface area (Å²) in [7, 11) is 1.71. The highest BCUT2D eigenvalue weighted by Crippen LogP contribution is 2.38. The van der Waals surface area contributed by atoms with Gasteiger partial charge < -0.3 is 9.47 Å². The van der Waals surface area contributed by atoms with Crippen LogP contribution in [0.1, 0.15) is 44.2 Å². The first-order chi connectivity index (χ1) is 16.6. The fraction of sp³-hybridized carbons (Fsp3) is 0.360. The van der Waals surface area contributed by atoms with Gasteiger partial charge in [0.05, 0.1) is 29.5 Å². The predicted octanol–water partition coefficient (Wildman–Crippen LogP) is 4.76. The van der Waals surface area contributed by atoms with E-state index in [4.69, 9.17) is 9.47 Å². The Morgan fingerprint density at radius 1 is 1.12 bits per heavy atom. The Balaban J connectivity index is 1.48. The largest absolute Gasteiger partial charge is 0.353 e. The molecule has 1 fully saturated rings. The summed E-state index contributed by atoms with van der Waals surface area (Å²) in [5.41, 5.74) is 4.39. The van der Waals surface area contributed by atoms with Crippen LogP contribution in [0.2, 0.25) is 0 Å². The molecular weight excluding hydrogens is 435 g/mol. The summed E-state index contributed by atoms with van der Waals surface area (Å²) in [5.74, 6) is -1.05. The molecule has 0 aliphatic heterocycles. The molecule has 0 atom stereocenters. The van der Waals surface area contributed by atoms with Gasteiger partial charge in [-0.3, -0.25) is 4.68 Å². The van der Waals surface area contributed by atoms with Crippen molar-refractivity contribution in [1.29, 1.82) is 5.26 Å². The summed E-state index contributed by atoms with van der Waals surface area (Å²) >= 11 is 0. The lowest BCUT2D eigenvalue weighted by atomic mass is 9.90. The minimum Gasteiger partial charge on any atom is -0.353 e. The van der Waals surface area contributed by atoms with Gasteiger partial charge in [0.2, 0.25) is 5.95 Å². The van der Waals surface area contributed by atoms with E-state index in [-0.39, 0.29) is 6.04 Å². The number of aromatic nitrogens is 5. The van der Waals surface area contributed by atoms with Crippen LogP contribution in [0.15, 0.2) is 49.2 Å². The quantitative estimate of drug-likeness (QED) is 0.304. The topological polar surface area (TPSA) is 90.3 Å². The van der Waals surface area contributed by atoms with Crippen LogP contribution in [0.25, 0.3) is 27.8 Å². The molecule has 34 heavy (non-hydrogen) atoms. The van der Waals surface area contributed by atoms with E-state index in [0.717, 1.165) is 42.4 Å². The molecular formula is C25H25FN6O2. The summed E-state index contributed by atoms with van der Waals surface area (Å²) in [5, 5.41) is 18.6. The molecule has 5 rings (SSSR count). The van der Waals surface area contributed by atoms with Crippen LogP contribution in [0.4, 0.5) is 4.39 Å². The molecule has 0 amide bonds. The van der Waals surface area contributed by atoms with Crippen molar-refractivity contribution >= 4 is 5.52 Å². The van der Waals surface area contributed by atoms with E-state index in [0.29, 0.717) is 23.3 Å². The Morgan fingerprint density at radius 3 is 2.62 bits per heavy atom. The van der Waals surface area contributed by atoms with Crippen molar-refractivity contribution < 1.29 is 13.9 Å². The Hall–Kier alpha value is -3.61. The molecule has 0 radical (unpaired) electrons. The summed E-state index contributed by atoms with van der Waals surface area (Å²) in [6, 6.07) is 7.38. The van der Waals surface area contributed by atoms with Gasteiger partial charge in [0, 0.05) is 67.4 Å². The van der Waals surface area contributed by atoms with Gasteiger partial charge in [0.25, 0.3) is 0 Å². The van der Waals surface area contributed by atoms with E-state index in [1.54, 1.807) is 17.7 Å². The third kappa shape index (κ3) is 3.95. The monoisotopic (exact) mass is 460 g/mol. The first kappa shape index (κ1) is 22.2. The fourth-order valence-corrected chi connectivity index (χ4v) is 4.78. The average Bonchev–Trinajstić information content (AvgIpc) is 3.52. The molecule has 0 saturated heterocycles. The smallest absolute Gasteiger partial charge is 0.212 e. The highest BCUT2D eigenvalue weighted by atomic mass is 19.1. The summed E-state index contributed by atoms with van der Waals surface area (Å²) in [6.45, 7) is 2.61. The second kappa shape index (κ2) is 8.97. The van der Waals surface area contributed by atoms with Crippen LogP contribution < -0.4 is 0 Å². The molecule has 9 heteroatoms. The number of methoxy groups -OCH3 is 1. The van der Waals surface area contributed by atoms with Crippen LogP contribution in [0, 0.1) is 17.3 Å². The fourth-order valence-electron chi connectivity index (χ4n) is 4.78. The maximum atomic E-state index is 13.4. The standard InChI is InChI=1S/C25H25FN6O2/c1-3-34-25(33-2)8-6-21(7-9-25)31-16-20(14-29-31)18-10-22(17-4-5-23(26)28-12-17)24-19(11-27)13-30-32(24)15-18/h4-5,10,12-16,21H,3,6-9H2,1-2H3. The van der Waals surface area contributed by atoms with Crippen molar-refractivity contribution in [2.24, 2.45) is 0 Å². The first-order valence-corrected chi connectivity index (χ1v) is 11.3. The van der Waals surface area contributed by atoms with E-state index >= 15 is 0 Å². The van der Waals surface area contributed by atoms with Gasteiger partial charge in [-0.05, 0) is 38.0 Å². The summed E-state index contributed by atoms with van der Waals surface area (Å²) in [6.07, 6.45) is 12.2. The van der Waals surface area contributed by atoms with Gasteiger partial charge in [0.15, 0.2) is 5.79 Å². The minimum atomic E-state index is -0.555. The molecule has 4 heterocycles. The molecule has 174 valence electrons. The molecule has 1 saturated carbocycles. The Bertz CT molecular complexity index is 1350. The zero-order valence-corrected chi connectivity index (χ0v) is 19.1. The molecule has 0 spiro atoms. The van der Waals surface area contributed by atoms with Crippen molar-refractivity contribution in [1.82, 2.24) is 24.4 Å². The second-order valence-electron chi connectivity index (χ2n) is 8.46. The third-order valence-corrected chi connectivity index (χ3v) is 6.58. The number of ether oxygens (including phenoxy) is 2. The zero-order valence-electron chi connectivity index (χ0n) is 19.1. The van der Waals surface area contributed by atoms with E-state index < -0.39 is 11.7 Å². The molecule has 4 aromatic rings. The van der Waals surface area contributed by atoms with Gasteiger partial charge in [0.1, 0.15) is 6.07 Å². The maximum absolute atomic E-state index is 13.4. The van der Waals surface area contributed by atoms with Crippen LogP contribution in [-0.2, 0) is 9.47 Å². The molecule has 0 bridgehead atoms. The highest BCUT2D eigenvalue weighted by molar-refractivity contribution is 5.87. The molecule has 4 aromatic heterocycles. The van der Waals surface area contributed by atoms with Crippen molar-refractivity contribution in [3.63, 3.8) is 0 Å². The Labute approximate surface area is 196 Å². The summed E-state index contributed by atoms with van der Waals surface area (Å²) < 4.78 is 28.7. The Kier molecular flexibility index (Phi) is 5.86. The van der Waals surface area contributed by atoms with Crippen LogP contribution >= 0.6 is 0 Å². The predicted molar refractivity (Wildman–Crippen MR) is 123 cm³/mol. The number of nitriles is 1. The van der Waals surface area contributed by atoms with E-state index in [9.17, 15) is 9.65 Å². The third-order valence-electron chi connectivity index (χ3n) is 6.58. The van der Waals surface area contributed by atoms with Crippen molar-refractivity contribution in [2.45, 2.75) is 44.4 Å². The lowest BCUT2D eigenvalue weighted by molar-refractivity contribution is -0.239. The first-order valence-electron chi connectivity index (χ1n) is 11.3. The average molecular weight is 461 g/mol. The van der Waals surface area contributed by atoms with E-state index in [1.165, 1.54) is 18.5 Å². The van der Waals surface area contributed by atoms with Crippen molar-refractivity contribution in [3.8, 4) is 28.3 Å². The normalized spacial score (nSPS) is 20.5. The van der Waals surface area contributed by atoms with E-state index in [1.807, 2.05) is 36.3 Å².